The normalized spacial score (nSPS) is 11.1. The highest BCUT2D eigenvalue weighted by atomic mass is 35.5. The lowest BCUT2D eigenvalue weighted by atomic mass is 10.3. The zero-order chi connectivity index (χ0) is 17.7. The van der Waals surface area contributed by atoms with E-state index in [9.17, 15) is 8.42 Å². The van der Waals surface area contributed by atoms with E-state index in [1.165, 1.54) is 16.4 Å². The molecule has 0 bridgehead atoms. The van der Waals surface area contributed by atoms with Crippen LogP contribution in [0, 0.1) is 0 Å². The lowest BCUT2D eigenvalue weighted by molar-refractivity contribution is 0.363. The van der Waals surface area contributed by atoms with E-state index in [1.807, 2.05) is 0 Å². The van der Waals surface area contributed by atoms with Crippen LogP contribution in [-0.4, -0.2) is 21.6 Å². The highest BCUT2D eigenvalue weighted by Crippen LogP contribution is 2.31. The molecule has 0 aliphatic carbocycles. The van der Waals surface area contributed by atoms with Crippen molar-refractivity contribution in [2.24, 2.45) is 0 Å². The molecule has 0 saturated heterocycles. The summed E-state index contributed by atoms with van der Waals surface area (Å²) in [5.74, 6) is 0.632. The van der Waals surface area contributed by atoms with Crippen molar-refractivity contribution in [3.8, 4) is 5.75 Å². The summed E-state index contributed by atoms with van der Waals surface area (Å²) in [6.45, 7) is 5.96. The highest BCUT2D eigenvalue weighted by molar-refractivity contribution is 7.93. The van der Waals surface area contributed by atoms with Gasteiger partial charge in [0.05, 0.1) is 10.7 Å². The summed E-state index contributed by atoms with van der Waals surface area (Å²) in [6.07, 6.45) is 1.64. The molecule has 0 amide bonds. The quantitative estimate of drug-likeness (QED) is 0.644. The maximum atomic E-state index is 12.9. The van der Waals surface area contributed by atoms with Crippen LogP contribution in [0.4, 0.5) is 5.69 Å². The summed E-state index contributed by atoms with van der Waals surface area (Å²) < 4.78 is 32.5. The molecule has 0 unspecified atom stereocenters. The first-order valence-electron chi connectivity index (χ1n) is 7.21. The van der Waals surface area contributed by atoms with Crippen LogP contribution in [-0.2, 0) is 10.0 Å². The van der Waals surface area contributed by atoms with E-state index in [4.69, 9.17) is 27.9 Å². The van der Waals surface area contributed by atoms with Crippen molar-refractivity contribution in [2.75, 3.05) is 17.5 Å². The fourth-order valence-electron chi connectivity index (χ4n) is 2.15. The highest BCUT2D eigenvalue weighted by Gasteiger charge is 2.26. The van der Waals surface area contributed by atoms with Crippen LogP contribution in [0.2, 0.25) is 10.0 Å². The van der Waals surface area contributed by atoms with Crippen molar-refractivity contribution in [2.45, 2.75) is 11.8 Å². The summed E-state index contributed by atoms with van der Waals surface area (Å²) in [6, 6.07) is 11.1. The van der Waals surface area contributed by atoms with Crippen LogP contribution in [0.5, 0.6) is 5.75 Å². The molecule has 0 aliphatic heterocycles. The molecule has 0 heterocycles. The molecule has 0 radical (unpaired) electrons. The van der Waals surface area contributed by atoms with Gasteiger partial charge in [0.1, 0.15) is 17.3 Å². The summed E-state index contributed by atoms with van der Waals surface area (Å²) >= 11 is 12.0. The molecule has 0 aliphatic rings. The average molecular weight is 386 g/mol. The Balaban J connectivity index is 2.39. The zero-order valence-corrected chi connectivity index (χ0v) is 15.4. The Morgan fingerprint density at radius 2 is 1.83 bits per heavy atom. The monoisotopic (exact) mass is 385 g/mol. The molecule has 2 aromatic rings. The summed E-state index contributed by atoms with van der Waals surface area (Å²) in [5, 5.41) is 0.436. The number of hydrogen-bond acceptors (Lipinski definition) is 3. The Labute approximate surface area is 152 Å². The Morgan fingerprint density at radius 3 is 2.42 bits per heavy atom. The number of benzene rings is 2. The van der Waals surface area contributed by atoms with Gasteiger partial charge in [0.25, 0.3) is 10.0 Å². The van der Waals surface area contributed by atoms with Gasteiger partial charge in [-0.3, -0.25) is 4.31 Å². The second kappa shape index (κ2) is 7.92. The second-order valence-electron chi connectivity index (χ2n) is 4.84. The molecule has 128 valence electrons. The van der Waals surface area contributed by atoms with Crippen molar-refractivity contribution >= 4 is 38.9 Å². The SMILES string of the molecule is C=CCOc1ccc(N(CC)S(=O)(=O)c2cc(Cl)ccc2Cl)cc1. The standard InChI is InChI=1S/C17H17Cl2NO3S/c1-3-11-23-15-8-6-14(7-9-15)20(4-2)24(21,22)17-12-13(18)5-10-16(17)19/h3,5-10,12H,1,4,11H2,2H3. The van der Waals surface area contributed by atoms with E-state index >= 15 is 0 Å². The first-order chi connectivity index (χ1) is 11.4. The first-order valence-corrected chi connectivity index (χ1v) is 9.41. The van der Waals surface area contributed by atoms with Crippen molar-refractivity contribution in [1.29, 1.82) is 0 Å². The molecule has 0 spiro atoms. The largest absolute Gasteiger partial charge is 0.490 e. The van der Waals surface area contributed by atoms with Gasteiger partial charge in [0.15, 0.2) is 0 Å². The topological polar surface area (TPSA) is 46.6 Å². The third-order valence-corrected chi connectivity index (χ3v) is 5.86. The third kappa shape index (κ3) is 4.04. The predicted molar refractivity (Wildman–Crippen MR) is 98.8 cm³/mol. The molecular weight excluding hydrogens is 369 g/mol. The maximum absolute atomic E-state index is 12.9. The maximum Gasteiger partial charge on any atom is 0.265 e. The number of sulfonamides is 1. The fraction of sp³-hybridized carbons (Fsp3) is 0.176. The van der Waals surface area contributed by atoms with Gasteiger partial charge in [-0.1, -0.05) is 35.9 Å². The number of nitrogens with zero attached hydrogens (tertiary/aromatic N) is 1. The van der Waals surface area contributed by atoms with Crippen molar-refractivity contribution in [3.05, 3.63) is 65.2 Å². The van der Waals surface area contributed by atoms with Gasteiger partial charge in [0, 0.05) is 11.6 Å². The van der Waals surface area contributed by atoms with Crippen LogP contribution in [0.3, 0.4) is 0 Å². The number of ether oxygens (including phenoxy) is 1. The minimum Gasteiger partial charge on any atom is -0.490 e. The fourth-order valence-corrected chi connectivity index (χ4v) is 4.36. The number of rotatable bonds is 7. The van der Waals surface area contributed by atoms with Gasteiger partial charge in [-0.15, -0.1) is 0 Å². The van der Waals surface area contributed by atoms with E-state index in [2.05, 4.69) is 6.58 Å². The molecule has 24 heavy (non-hydrogen) atoms. The van der Waals surface area contributed by atoms with E-state index in [0.717, 1.165) is 0 Å². The van der Waals surface area contributed by atoms with E-state index in [-0.39, 0.29) is 16.5 Å². The van der Waals surface area contributed by atoms with Crippen LogP contribution in [0.25, 0.3) is 0 Å². The summed E-state index contributed by atoms with van der Waals surface area (Å²) in [7, 11) is -3.83. The van der Waals surface area contributed by atoms with E-state index in [1.54, 1.807) is 43.3 Å². The van der Waals surface area contributed by atoms with Crippen LogP contribution in [0.15, 0.2) is 60.0 Å². The van der Waals surface area contributed by atoms with E-state index in [0.29, 0.717) is 23.1 Å². The second-order valence-corrected chi connectivity index (χ2v) is 7.51. The average Bonchev–Trinajstić information content (AvgIpc) is 2.56. The van der Waals surface area contributed by atoms with Crippen molar-refractivity contribution in [3.63, 3.8) is 0 Å². The molecule has 4 nitrogen and oxygen atoms in total. The molecule has 2 rings (SSSR count). The predicted octanol–water partition coefficient (Wildman–Crippen LogP) is 4.77. The van der Waals surface area contributed by atoms with Crippen molar-refractivity contribution in [1.82, 2.24) is 0 Å². The van der Waals surface area contributed by atoms with Gasteiger partial charge in [-0.2, -0.15) is 0 Å². The molecule has 0 atom stereocenters. The zero-order valence-electron chi connectivity index (χ0n) is 13.1. The Hall–Kier alpha value is -1.69. The minimum absolute atomic E-state index is 0.0227. The van der Waals surface area contributed by atoms with Gasteiger partial charge in [-0.25, -0.2) is 8.42 Å². The smallest absolute Gasteiger partial charge is 0.265 e. The minimum atomic E-state index is -3.83. The summed E-state index contributed by atoms with van der Waals surface area (Å²) in [4.78, 5) is -0.0227. The Morgan fingerprint density at radius 1 is 1.17 bits per heavy atom. The van der Waals surface area contributed by atoms with Crippen LogP contribution < -0.4 is 9.04 Å². The lowest BCUT2D eigenvalue weighted by Crippen LogP contribution is -2.31. The molecule has 0 N–H and O–H groups in total. The molecular formula is C17H17Cl2NO3S. The number of anilines is 1. The Bertz CT molecular complexity index is 820. The molecule has 0 fully saturated rings. The molecule has 7 heteroatoms. The molecule has 2 aromatic carbocycles. The first kappa shape index (κ1) is 18.6. The van der Waals surface area contributed by atoms with Crippen molar-refractivity contribution < 1.29 is 13.2 Å². The van der Waals surface area contributed by atoms with Crippen LogP contribution >= 0.6 is 23.2 Å². The van der Waals surface area contributed by atoms with Gasteiger partial charge >= 0.3 is 0 Å². The summed E-state index contributed by atoms with van der Waals surface area (Å²) in [5.41, 5.74) is 0.513. The molecule has 0 saturated carbocycles. The van der Waals surface area contributed by atoms with Gasteiger partial charge in [-0.05, 0) is 49.4 Å². The van der Waals surface area contributed by atoms with Crippen LogP contribution in [0.1, 0.15) is 6.92 Å². The third-order valence-electron chi connectivity index (χ3n) is 3.24. The van der Waals surface area contributed by atoms with E-state index < -0.39 is 10.0 Å². The number of hydrogen-bond donors (Lipinski definition) is 0. The van der Waals surface area contributed by atoms with Gasteiger partial charge in [0.2, 0.25) is 0 Å². The number of halogens is 2. The lowest BCUT2D eigenvalue weighted by Gasteiger charge is -2.23. The van der Waals surface area contributed by atoms with Gasteiger partial charge < -0.3 is 4.74 Å². The Kier molecular flexibility index (Phi) is 6.15. The molecule has 0 aromatic heterocycles.